The van der Waals surface area contributed by atoms with Crippen LogP contribution in [0.3, 0.4) is 0 Å². The van der Waals surface area contributed by atoms with E-state index < -0.39 is 0 Å². The van der Waals surface area contributed by atoms with Gasteiger partial charge < -0.3 is 0 Å². The summed E-state index contributed by atoms with van der Waals surface area (Å²) in [6.45, 7) is 4.50. The van der Waals surface area contributed by atoms with Gasteiger partial charge in [0, 0.05) is 0 Å². The van der Waals surface area contributed by atoms with Gasteiger partial charge in [0.15, 0.2) is 0 Å². The maximum absolute atomic E-state index is 3.35. The molecule has 0 aliphatic heterocycles. The van der Waals surface area contributed by atoms with E-state index in [2.05, 4.69) is 98.8 Å². The predicted octanol–water partition coefficient (Wildman–Crippen LogP) is 7.24. The molecule has 0 aromatic heterocycles. The van der Waals surface area contributed by atoms with E-state index in [-0.39, 0.29) is 17.4 Å². The Labute approximate surface area is 184 Å². The zero-order valence-corrected chi connectivity index (χ0v) is 17.9. The van der Waals surface area contributed by atoms with Gasteiger partial charge in [-0.1, -0.05) is 73.5 Å². The van der Waals surface area contributed by atoms with Crippen molar-refractivity contribution in [2.75, 3.05) is 0 Å². The van der Waals surface area contributed by atoms with E-state index in [0.717, 1.165) is 0 Å². The van der Waals surface area contributed by atoms with Crippen LogP contribution in [0.2, 0.25) is 0 Å². The summed E-state index contributed by atoms with van der Waals surface area (Å²) in [5.41, 5.74) is 11.0. The van der Waals surface area contributed by atoms with Gasteiger partial charge in [-0.3, -0.25) is 0 Å². The third-order valence-electron chi connectivity index (χ3n) is 6.08. The Bertz CT molecular complexity index is 974. The second kappa shape index (κ2) is 8.04. The number of fused-ring (bicyclic) bond motifs is 6. The van der Waals surface area contributed by atoms with Gasteiger partial charge in [0.25, 0.3) is 0 Å². The normalized spacial score (nSPS) is 17.0. The van der Waals surface area contributed by atoms with Gasteiger partial charge in [-0.2, -0.15) is 48.5 Å². The van der Waals surface area contributed by atoms with Crippen LogP contribution >= 0.6 is 0 Å². The van der Waals surface area contributed by atoms with Crippen LogP contribution in [0.1, 0.15) is 47.9 Å². The van der Waals surface area contributed by atoms with Crippen molar-refractivity contribution in [2.45, 2.75) is 25.7 Å². The minimum Gasteiger partial charge on any atom is -0.179 e. The summed E-state index contributed by atoms with van der Waals surface area (Å²) >= 11 is 0. The predicted molar refractivity (Wildman–Crippen MR) is 116 cm³/mol. The molecule has 0 spiro atoms. The first-order valence-corrected chi connectivity index (χ1v) is 9.95. The zero-order valence-electron chi connectivity index (χ0n) is 16.6. The number of hydrogen-bond acceptors (Lipinski definition) is 0. The van der Waals surface area contributed by atoms with Gasteiger partial charge in [0.05, 0.1) is 0 Å². The summed E-state index contributed by atoms with van der Waals surface area (Å²) in [7, 11) is 0. The van der Waals surface area contributed by atoms with Crippen LogP contribution in [0.15, 0.2) is 84.9 Å². The van der Waals surface area contributed by atoms with Gasteiger partial charge >= 0.3 is 17.4 Å². The second-order valence-electron chi connectivity index (χ2n) is 7.61. The van der Waals surface area contributed by atoms with Crippen LogP contribution in [0.5, 0.6) is 0 Å². The van der Waals surface area contributed by atoms with E-state index in [9.17, 15) is 0 Å². The fourth-order valence-electron chi connectivity index (χ4n) is 4.64. The van der Waals surface area contributed by atoms with E-state index in [1.54, 1.807) is 0 Å². The molecule has 2 aliphatic carbocycles. The standard InChI is InChI=1S/2C14H11.Cr/c2*1-10-11-6-2-4-8-13(11)14-9-5-3-7-12(10)14;/h2*2-6,8-10H,1H3;/q2*-1;+2. The fraction of sp³-hybridized carbons (Fsp3) is 0.143. The van der Waals surface area contributed by atoms with Gasteiger partial charge in [-0.15, -0.1) is 22.3 Å². The monoisotopic (exact) mass is 410 g/mol. The molecular weight excluding hydrogens is 388 g/mol. The van der Waals surface area contributed by atoms with Gasteiger partial charge in [0.1, 0.15) is 0 Å². The molecule has 1 heteroatoms. The fourth-order valence-corrected chi connectivity index (χ4v) is 4.64. The van der Waals surface area contributed by atoms with Crippen LogP contribution < -0.4 is 0 Å². The topological polar surface area (TPSA) is 0 Å². The summed E-state index contributed by atoms with van der Waals surface area (Å²) in [5.74, 6) is 1.00. The molecule has 0 bridgehead atoms. The molecule has 2 atom stereocenters. The Morgan fingerprint density at radius 3 is 1.34 bits per heavy atom. The molecule has 0 fully saturated rings. The first kappa shape index (κ1) is 19.7. The molecular formula is C28H22Cr. The Morgan fingerprint density at radius 1 is 0.517 bits per heavy atom. The third-order valence-corrected chi connectivity index (χ3v) is 6.08. The van der Waals surface area contributed by atoms with Crippen LogP contribution in [0.4, 0.5) is 0 Å². The van der Waals surface area contributed by atoms with E-state index in [1.807, 2.05) is 12.1 Å². The molecule has 0 heterocycles. The largest absolute Gasteiger partial charge is 2.00 e. The van der Waals surface area contributed by atoms with Crippen LogP contribution in [-0.2, 0) is 17.4 Å². The molecule has 0 amide bonds. The quantitative estimate of drug-likeness (QED) is 0.268. The first-order valence-electron chi connectivity index (χ1n) is 9.95. The molecule has 0 nitrogen and oxygen atoms in total. The second-order valence-corrected chi connectivity index (χ2v) is 7.61. The molecule has 140 valence electrons. The number of rotatable bonds is 0. The summed E-state index contributed by atoms with van der Waals surface area (Å²) in [6.07, 6.45) is 0. The molecule has 0 N–H and O–H groups in total. The number of benzene rings is 4. The van der Waals surface area contributed by atoms with Crippen LogP contribution in [0, 0.1) is 12.1 Å². The molecule has 2 aliphatic rings. The van der Waals surface area contributed by atoms with Gasteiger partial charge in [-0.05, 0) is 23.0 Å². The smallest absolute Gasteiger partial charge is 0.179 e. The molecule has 29 heavy (non-hydrogen) atoms. The van der Waals surface area contributed by atoms with Crippen molar-refractivity contribution in [3.8, 4) is 22.3 Å². The average molecular weight is 410 g/mol. The molecule has 2 unspecified atom stereocenters. The summed E-state index contributed by atoms with van der Waals surface area (Å²) in [6, 6.07) is 36.5. The van der Waals surface area contributed by atoms with Crippen molar-refractivity contribution in [1.29, 1.82) is 0 Å². The maximum Gasteiger partial charge on any atom is 2.00 e. The maximum atomic E-state index is 3.35. The average Bonchev–Trinajstić information content (AvgIpc) is 3.22. The Kier molecular flexibility index (Phi) is 5.46. The Morgan fingerprint density at radius 2 is 0.897 bits per heavy atom. The van der Waals surface area contributed by atoms with Crippen molar-refractivity contribution >= 4 is 0 Å². The van der Waals surface area contributed by atoms with Crippen LogP contribution in [0.25, 0.3) is 22.3 Å². The Hall–Kier alpha value is -2.59. The van der Waals surface area contributed by atoms with Crippen molar-refractivity contribution < 1.29 is 17.4 Å². The molecule has 0 saturated heterocycles. The van der Waals surface area contributed by atoms with Crippen molar-refractivity contribution in [3.05, 3.63) is 119 Å². The minimum atomic E-state index is 0. The molecule has 6 rings (SSSR count). The summed E-state index contributed by atoms with van der Waals surface area (Å²) in [4.78, 5) is 0. The van der Waals surface area contributed by atoms with Crippen molar-refractivity contribution in [2.24, 2.45) is 0 Å². The molecule has 4 aromatic rings. The molecule has 0 saturated carbocycles. The molecule has 0 radical (unpaired) electrons. The van der Waals surface area contributed by atoms with E-state index in [1.165, 1.54) is 44.5 Å². The van der Waals surface area contributed by atoms with E-state index >= 15 is 0 Å². The van der Waals surface area contributed by atoms with E-state index in [4.69, 9.17) is 0 Å². The van der Waals surface area contributed by atoms with Crippen molar-refractivity contribution in [1.82, 2.24) is 0 Å². The van der Waals surface area contributed by atoms with E-state index in [0.29, 0.717) is 11.8 Å². The molecule has 4 aromatic carbocycles. The minimum absolute atomic E-state index is 0. The van der Waals surface area contributed by atoms with Gasteiger partial charge in [-0.25, -0.2) is 0 Å². The summed E-state index contributed by atoms with van der Waals surface area (Å²) < 4.78 is 0. The zero-order chi connectivity index (χ0) is 19.1. The number of hydrogen-bond donors (Lipinski definition) is 0. The first-order chi connectivity index (χ1) is 13.8. The Balaban J connectivity index is 0.000000137. The van der Waals surface area contributed by atoms with Crippen LogP contribution in [-0.4, -0.2) is 0 Å². The van der Waals surface area contributed by atoms with Crippen molar-refractivity contribution in [3.63, 3.8) is 0 Å². The summed E-state index contributed by atoms with van der Waals surface area (Å²) in [5, 5.41) is 0. The third kappa shape index (κ3) is 3.26. The van der Waals surface area contributed by atoms with Gasteiger partial charge in [0.2, 0.25) is 0 Å². The SMILES string of the molecule is CC1c2[c-]cccc2-c2ccccc21.CC1c2[c-]cccc2-c2ccccc21.[Cr+2].